The van der Waals surface area contributed by atoms with E-state index in [-0.39, 0.29) is 12.6 Å². The standard InChI is InChI=1S/C13H17N3O2S/c17-8-4-3-7-11-9-14-13(19-11)16-12(18)15-10-5-1-2-6-10/h9-10,17H,1-2,4-6,8H2,(H2,14,15,16,18). The van der Waals surface area contributed by atoms with Gasteiger partial charge in [0.15, 0.2) is 5.13 Å². The lowest BCUT2D eigenvalue weighted by atomic mass is 10.3. The highest BCUT2D eigenvalue weighted by molar-refractivity contribution is 7.16. The lowest BCUT2D eigenvalue weighted by molar-refractivity contribution is 0.248. The summed E-state index contributed by atoms with van der Waals surface area (Å²) in [4.78, 5) is 16.6. The van der Waals surface area contributed by atoms with E-state index in [1.165, 1.54) is 24.2 Å². The molecule has 0 aliphatic heterocycles. The van der Waals surface area contributed by atoms with E-state index < -0.39 is 0 Å². The molecule has 2 amide bonds. The molecule has 5 nitrogen and oxygen atoms in total. The molecule has 0 aromatic carbocycles. The Morgan fingerprint density at radius 1 is 1.53 bits per heavy atom. The van der Waals surface area contributed by atoms with Gasteiger partial charge in [-0.3, -0.25) is 5.32 Å². The summed E-state index contributed by atoms with van der Waals surface area (Å²) in [5, 5.41) is 14.8. The maximum atomic E-state index is 11.7. The Bertz CT molecular complexity index is 484. The number of nitrogens with zero attached hydrogens (tertiary/aromatic N) is 1. The molecule has 102 valence electrons. The summed E-state index contributed by atoms with van der Waals surface area (Å²) in [6.45, 7) is 0.0563. The molecule has 1 aliphatic carbocycles. The van der Waals surface area contributed by atoms with Crippen LogP contribution in [0.4, 0.5) is 9.93 Å². The van der Waals surface area contributed by atoms with Crippen LogP contribution in [-0.4, -0.2) is 28.8 Å². The number of anilines is 1. The summed E-state index contributed by atoms with van der Waals surface area (Å²) in [5.74, 6) is 5.71. The summed E-state index contributed by atoms with van der Waals surface area (Å²) in [6.07, 6.45) is 6.56. The third-order valence-corrected chi connectivity index (χ3v) is 3.69. The van der Waals surface area contributed by atoms with E-state index >= 15 is 0 Å². The fourth-order valence-electron chi connectivity index (χ4n) is 1.98. The zero-order chi connectivity index (χ0) is 13.5. The number of thiazole rings is 1. The van der Waals surface area contributed by atoms with Gasteiger partial charge in [-0.2, -0.15) is 0 Å². The van der Waals surface area contributed by atoms with Crippen LogP contribution in [-0.2, 0) is 0 Å². The van der Waals surface area contributed by atoms with Crippen LogP contribution in [0, 0.1) is 11.8 Å². The molecule has 1 aromatic rings. The van der Waals surface area contributed by atoms with Gasteiger partial charge in [-0.05, 0) is 12.8 Å². The molecule has 0 bridgehead atoms. The van der Waals surface area contributed by atoms with Gasteiger partial charge in [0.05, 0.1) is 17.7 Å². The Morgan fingerprint density at radius 2 is 2.32 bits per heavy atom. The average Bonchev–Trinajstić information content (AvgIpc) is 3.02. The van der Waals surface area contributed by atoms with Gasteiger partial charge in [0, 0.05) is 12.5 Å². The fourth-order valence-corrected chi connectivity index (χ4v) is 2.67. The maximum absolute atomic E-state index is 11.7. The molecule has 0 unspecified atom stereocenters. The van der Waals surface area contributed by atoms with Crippen LogP contribution in [0.15, 0.2) is 6.20 Å². The van der Waals surface area contributed by atoms with Crippen molar-refractivity contribution in [1.29, 1.82) is 0 Å². The maximum Gasteiger partial charge on any atom is 0.321 e. The Kier molecular flexibility index (Phi) is 5.19. The van der Waals surface area contributed by atoms with Crippen LogP contribution < -0.4 is 10.6 Å². The lowest BCUT2D eigenvalue weighted by Crippen LogP contribution is -2.36. The van der Waals surface area contributed by atoms with Crippen LogP contribution in [0.5, 0.6) is 0 Å². The normalized spacial score (nSPS) is 14.8. The first-order valence-corrected chi connectivity index (χ1v) is 7.22. The second kappa shape index (κ2) is 7.12. The summed E-state index contributed by atoms with van der Waals surface area (Å²) in [7, 11) is 0. The second-order valence-electron chi connectivity index (χ2n) is 4.38. The van der Waals surface area contributed by atoms with Crippen molar-refractivity contribution < 1.29 is 9.90 Å². The fraction of sp³-hybridized carbons (Fsp3) is 0.538. The van der Waals surface area contributed by atoms with Gasteiger partial charge in [0.25, 0.3) is 0 Å². The number of rotatable bonds is 3. The van der Waals surface area contributed by atoms with E-state index in [4.69, 9.17) is 5.11 Å². The van der Waals surface area contributed by atoms with Gasteiger partial charge in [0.2, 0.25) is 0 Å². The number of carbonyl (C=O) groups is 1. The van der Waals surface area contributed by atoms with Crippen molar-refractivity contribution in [3.8, 4) is 11.8 Å². The number of hydrogen-bond acceptors (Lipinski definition) is 4. The quantitative estimate of drug-likeness (QED) is 0.740. The van der Waals surface area contributed by atoms with Gasteiger partial charge in [-0.25, -0.2) is 9.78 Å². The van der Waals surface area contributed by atoms with Gasteiger partial charge in [-0.1, -0.05) is 36.0 Å². The molecule has 3 N–H and O–H groups in total. The molecule has 0 radical (unpaired) electrons. The summed E-state index contributed by atoms with van der Waals surface area (Å²) < 4.78 is 0. The van der Waals surface area contributed by atoms with Crippen molar-refractivity contribution in [2.75, 3.05) is 11.9 Å². The number of urea groups is 1. The molecule has 1 fully saturated rings. The van der Waals surface area contributed by atoms with Crippen molar-refractivity contribution in [2.45, 2.75) is 38.1 Å². The third kappa shape index (κ3) is 4.54. The van der Waals surface area contributed by atoms with E-state index in [1.54, 1.807) is 6.20 Å². The highest BCUT2D eigenvalue weighted by Crippen LogP contribution is 2.19. The number of carbonyl (C=O) groups excluding carboxylic acids is 1. The Hall–Kier alpha value is -1.58. The highest BCUT2D eigenvalue weighted by atomic mass is 32.1. The molecular weight excluding hydrogens is 262 g/mol. The minimum absolute atomic E-state index is 0.0563. The number of aromatic nitrogens is 1. The van der Waals surface area contributed by atoms with E-state index in [2.05, 4.69) is 27.5 Å². The highest BCUT2D eigenvalue weighted by Gasteiger charge is 2.17. The number of aliphatic hydroxyl groups excluding tert-OH is 1. The molecule has 1 aromatic heterocycles. The predicted molar refractivity (Wildman–Crippen MR) is 75.1 cm³/mol. The zero-order valence-corrected chi connectivity index (χ0v) is 11.4. The SMILES string of the molecule is O=C(Nc1ncc(C#CCCO)s1)NC1CCCC1. The van der Waals surface area contributed by atoms with Crippen LogP contribution >= 0.6 is 11.3 Å². The van der Waals surface area contributed by atoms with Gasteiger partial charge in [-0.15, -0.1) is 0 Å². The van der Waals surface area contributed by atoms with Crippen molar-refractivity contribution in [3.63, 3.8) is 0 Å². The Balaban J connectivity index is 1.82. The van der Waals surface area contributed by atoms with Crippen LogP contribution in [0.1, 0.15) is 37.0 Å². The molecule has 1 saturated carbocycles. The molecule has 0 atom stereocenters. The topological polar surface area (TPSA) is 74.2 Å². The molecule has 1 aliphatic rings. The minimum atomic E-state index is -0.198. The monoisotopic (exact) mass is 279 g/mol. The van der Waals surface area contributed by atoms with Crippen LogP contribution in [0.2, 0.25) is 0 Å². The molecule has 0 spiro atoms. The first-order valence-electron chi connectivity index (χ1n) is 6.41. The molecule has 1 heterocycles. The van der Waals surface area contributed by atoms with E-state index in [1.807, 2.05) is 0 Å². The summed E-state index contributed by atoms with van der Waals surface area (Å²) in [5.41, 5.74) is 0. The van der Waals surface area contributed by atoms with E-state index in [9.17, 15) is 4.79 Å². The van der Waals surface area contributed by atoms with E-state index in [0.717, 1.165) is 17.7 Å². The Morgan fingerprint density at radius 3 is 3.05 bits per heavy atom. The van der Waals surface area contributed by atoms with Crippen LogP contribution in [0.25, 0.3) is 0 Å². The van der Waals surface area contributed by atoms with Crippen molar-refractivity contribution >= 4 is 22.5 Å². The number of amides is 2. The number of nitrogens with one attached hydrogen (secondary N) is 2. The lowest BCUT2D eigenvalue weighted by Gasteiger charge is -2.11. The largest absolute Gasteiger partial charge is 0.395 e. The number of hydrogen-bond donors (Lipinski definition) is 3. The van der Waals surface area contributed by atoms with Gasteiger partial charge in [0.1, 0.15) is 0 Å². The molecule has 19 heavy (non-hydrogen) atoms. The minimum Gasteiger partial charge on any atom is -0.395 e. The van der Waals surface area contributed by atoms with Gasteiger partial charge >= 0.3 is 6.03 Å². The predicted octanol–water partition coefficient (Wildman–Crippen LogP) is 1.94. The Labute approximate surface area is 116 Å². The van der Waals surface area contributed by atoms with Crippen molar-refractivity contribution in [2.24, 2.45) is 0 Å². The first kappa shape index (κ1) is 13.8. The first-order chi connectivity index (χ1) is 9.28. The van der Waals surface area contributed by atoms with Crippen LogP contribution in [0.3, 0.4) is 0 Å². The van der Waals surface area contributed by atoms with Crippen molar-refractivity contribution in [1.82, 2.24) is 10.3 Å². The molecule has 6 heteroatoms. The third-order valence-electron chi connectivity index (χ3n) is 2.86. The molecular formula is C13H17N3O2S. The molecule has 2 rings (SSSR count). The van der Waals surface area contributed by atoms with Gasteiger partial charge < -0.3 is 10.4 Å². The molecule has 0 saturated heterocycles. The zero-order valence-electron chi connectivity index (χ0n) is 10.6. The summed E-state index contributed by atoms with van der Waals surface area (Å²) in [6, 6.07) is 0.0971. The smallest absolute Gasteiger partial charge is 0.321 e. The number of aliphatic hydroxyl groups is 1. The summed E-state index contributed by atoms with van der Waals surface area (Å²) >= 11 is 1.33. The van der Waals surface area contributed by atoms with Crippen molar-refractivity contribution in [3.05, 3.63) is 11.1 Å². The second-order valence-corrected chi connectivity index (χ2v) is 5.42. The van der Waals surface area contributed by atoms with E-state index in [0.29, 0.717) is 17.6 Å². The average molecular weight is 279 g/mol.